The lowest BCUT2D eigenvalue weighted by atomic mass is 10.0. The molecule has 0 saturated heterocycles. The third kappa shape index (κ3) is 3.97. The number of aromatic nitrogens is 2. The van der Waals surface area contributed by atoms with Crippen LogP contribution in [-0.4, -0.2) is 33.4 Å². The minimum absolute atomic E-state index is 0.0292. The summed E-state index contributed by atoms with van der Waals surface area (Å²) in [5.74, 6) is 1.28. The molecule has 1 unspecified atom stereocenters. The summed E-state index contributed by atoms with van der Waals surface area (Å²) in [6.07, 6.45) is 0.682. The number of nitrogens with one attached hydrogen (secondary N) is 1. The van der Waals surface area contributed by atoms with Crippen molar-refractivity contribution >= 4 is 0 Å². The van der Waals surface area contributed by atoms with Gasteiger partial charge in [-0.15, -0.1) is 0 Å². The van der Waals surface area contributed by atoms with E-state index in [0.29, 0.717) is 24.7 Å². The van der Waals surface area contributed by atoms with Crippen LogP contribution in [0.25, 0.3) is 0 Å². The number of hydrogen-bond donors (Lipinski definition) is 2. The first kappa shape index (κ1) is 12.1. The third-order valence-corrected chi connectivity index (χ3v) is 2.42. The smallest absolute Gasteiger partial charge is 0.227 e. The Kier molecular flexibility index (Phi) is 3.82. The minimum Gasteiger partial charge on any atom is -0.389 e. The number of aryl methyl sites for hydroxylation is 1. The first-order valence-corrected chi connectivity index (χ1v) is 5.14. The Morgan fingerprint density at radius 1 is 1.53 bits per heavy atom. The molecule has 5 heteroatoms. The zero-order valence-electron chi connectivity index (χ0n) is 9.74. The summed E-state index contributed by atoms with van der Waals surface area (Å²) < 4.78 is 4.97. The Morgan fingerprint density at radius 2 is 2.20 bits per heavy atom. The van der Waals surface area contributed by atoms with Gasteiger partial charge in [-0.2, -0.15) is 4.98 Å². The van der Waals surface area contributed by atoms with Crippen LogP contribution in [-0.2, 0) is 6.42 Å². The van der Waals surface area contributed by atoms with E-state index in [0.717, 1.165) is 0 Å². The molecule has 1 atom stereocenters. The van der Waals surface area contributed by atoms with E-state index >= 15 is 0 Å². The van der Waals surface area contributed by atoms with Crippen LogP contribution in [0.3, 0.4) is 0 Å². The van der Waals surface area contributed by atoms with Gasteiger partial charge >= 0.3 is 0 Å². The van der Waals surface area contributed by atoms with Crippen molar-refractivity contribution in [3.8, 4) is 0 Å². The molecule has 0 saturated carbocycles. The first-order valence-electron chi connectivity index (χ1n) is 5.14. The summed E-state index contributed by atoms with van der Waals surface area (Å²) in [7, 11) is 0. The Morgan fingerprint density at radius 3 is 2.67 bits per heavy atom. The summed E-state index contributed by atoms with van der Waals surface area (Å²) >= 11 is 0. The van der Waals surface area contributed by atoms with Crippen LogP contribution >= 0.6 is 0 Å². The molecule has 0 aliphatic rings. The highest BCUT2D eigenvalue weighted by atomic mass is 16.5. The van der Waals surface area contributed by atoms with Crippen LogP contribution in [0.4, 0.5) is 0 Å². The van der Waals surface area contributed by atoms with Crippen molar-refractivity contribution in [1.29, 1.82) is 0 Å². The molecule has 1 heterocycles. The molecular weight excluding hydrogens is 194 g/mol. The van der Waals surface area contributed by atoms with Gasteiger partial charge in [0.25, 0.3) is 0 Å². The van der Waals surface area contributed by atoms with E-state index in [1.54, 1.807) is 20.8 Å². The lowest BCUT2D eigenvalue weighted by Gasteiger charge is -2.26. The fraction of sp³-hybridized carbons (Fsp3) is 0.800. The van der Waals surface area contributed by atoms with Crippen LogP contribution in [0.2, 0.25) is 0 Å². The second-order valence-corrected chi connectivity index (χ2v) is 4.31. The van der Waals surface area contributed by atoms with Crippen LogP contribution < -0.4 is 5.32 Å². The first-order chi connectivity index (χ1) is 6.89. The van der Waals surface area contributed by atoms with Crippen LogP contribution in [0, 0.1) is 6.92 Å². The average Bonchev–Trinajstić information content (AvgIpc) is 2.49. The van der Waals surface area contributed by atoms with Crippen molar-refractivity contribution < 1.29 is 9.63 Å². The molecule has 15 heavy (non-hydrogen) atoms. The van der Waals surface area contributed by atoms with Crippen molar-refractivity contribution in [3.63, 3.8) is 0 Å². The monoisotopic (exact) mass is 213 g/mol. The van der Waals surface area contributed by atoms with Gasteiger partial charge in [0, 0.05) is 19.0 Å². The van der Waals surface area contributed by atoms with Gasteiger partial charge < -0.3 is 14.9 Å². The van der Waals surface area contributed by atoms with E-state index in [1.807, 2.05) is 6.92 Å². The molecule has 0 aliphatic heterocycles. The molecule has 2 N–H and O–H groups in total. The molecule has 0 fully saturated rings. The zero-order chi connectivity index (χ0) is 11.5. The van der Waals surface area contributed by atoms with Crippen LogP contribution in [0.1, 0.15) is 32.5 Å². The van der Waals surface area contributed by atoms with Gasteiger partial charge in [-0.3, -0.25) is 0 Å². The van der Waals surface area contributed by atoms with E-state index in [1.165, 1.54) is 0 Å². The van der Waals surface area contributed by atoms with E-state index < -0.39 is 5.60 Å². The van der Waals surface area contributed by atoms with Crippen molar-refractivity contribution in [2.45, 2.75) is 45.8 Å². The van der Waals surface area contributed by atoms with E-state index in [2.05, 4.69) is 15.5 Å². The summed E-state index contributed by atoms with van der Waals surface area (Å²) in [4.78, 5) is 4.09. The van der Waals surface area contributed by atoms with Crippen molar-refractivity contribution in [2.75, 3.05) is 6.54 Å². The van der Waals surface area contributed by atoms with Gasteiger partial charge in [0.05, 0.1) is 5.60 Å². The predicted molar refractivity (Wildman–Crippen MR) is 56.5 cm³/mol. The van der Waals surface area contributed by atoms with E-state index in [9.17, 15) is 5.11 Å². The molecular formula is C10H19N3O2. The number of aliphatic hydroxyl groups is 1. The Balaban J connectivity index is 2.28. The normalized spacial score (nSPS) is 14.2. The molecule has 0 bridgehead atoms. The summed E-state index contributed by atoms with van der Waals surface area (Å²) in [6.45, 7) is 8.01. The molecule has 0 amide bonds. The molecule has 5 nitrogen and oxygen atoms in total. The van der Waals surface area contributed by atoms with Crippen molar-refractivity contribution in [2.24, 2.45) is 0 Å². The van der Waals surface area contributed by atoms with Crippen LogP contribution in [0.15, 0.2) is 4.52 Å². The SMILES string of the molecule is Cc1noc(CCNC(C)C(C)(C)O)n1. The molecule has 1 rings (SSSR count). The quantitative estimate of drug-likeness (QED) is 0.752. The Labute approximate surface area is 89.9 Å². The maximum Gasteiger partial charge on any atom is 0.227 e. The van der Waals surface area contributed by atoms with Gasteiger partial charge in [0.2, 0.25) is 5.89 Å². The number of hydrogen-bond acceptors (Lipinski definition) is 5. The van der Waals surface area contributed by atoms with E-state index in [-0.39, 0.29) is 6.04 Å². The van der Waals surface area contributed by atoms with Crippen molar-refractivity contribution in [1.82, 2.24) is 15.5 Å². The van der Waals surface area contributed by atoms with Crippen LogP contribution in [0.5, 0.6) is 0 Å². The molecule has 0 aliphatic carbocycles. The highest BCUT2D eigenvalue weighted by Crippen LogP contribution is 2.07. The molecule has 0 aromatic carbocycles. The lowest BCUT2D eigenvalue weighted by Crippen LogP contribution is -2.45. The van der Waals surface area contributed by atoms with Gasteiger partial charge in [0.15, 0.2) is 5.82 Å². The largest absolute Gasteiger partial charge is 0.389 e. The molecule has 86 valence electrons. The molecule has 1 aromatic rings. The molecule has 1 aromatic heterocycles. The minimum atomic E-state index is -0.718. The third-order valence-electron chi connectivity index (χ3n) is 2.42. The second-order valence-electron chi connectivity index (χ2n) is 4.31. The fourth-order valence-corrected chi connectivity index (χ4v) is 1.09. The lowest BCUT2D eigenvalue weighted by molar-refractivity contribution is 0.0444. The summed E-state index contributed by atoms with van der Waals surface area (Å²) in [6, 6.07) is 0.0292. The topological polar surface area (TPSA) is 71.2 Å². The zero-order valence-corrected chi connectivity index (χ0v) is 9.74. The molecule has 0 radical (unpaired) electrons. The summed E-state index contributed by atoms with van der Waals surface area (Å²) in [5.41, 5.74) is -0.718. The number of rotatable bonds is 5. The van der Waals surface area contributed by atoms with Gasteiger partial charge in [-0.25, -0.2) is 0 Å². The fourth-order valence-electron chi connectivity index (χ4n) is 1.09. The summed E-state index contributed by atoms with van der Waals surface area (Å²) in [5, 5.41) is 16.6. The highest BCUT2D eigenvalue weighted by molar-refractivity contribution is 4.85. The Bertz CT molecular complexity index is 304. The van der Waals surface area contributed by atoms with Crippen molar-refractivity contribution in [3.05, 3.63) is 11.7 Å². The van der Waals surface area contributed by atoms with E-state index in [4.69, 9.17) is 4.52 Å². The predicted octanol–water partition coefficient (Wildman–Crippen LogP) is 0.670. The van der Waals surface area contributed by atoms with Gasteiger partial charge in [-0.1, -0.05) is 5.16 Å². The molecule has 0 spiro atoms. The van der Waals surface area contributed by atoms with Gasteiger partial charge in [-0.05, 0) is 27.7 Å². The highest BCUT2D eigenvalue weighted by Gasteiger charge is 2.21. The standard InChI is InChI=1S/C10H19N3O2/c1-7(10(3,4)14)11-6-5-9-12-8(2)13-15-9/h7,11,14H,5-6H2,1-4H3. The second kappa shape index (κ2) is 4.72. The maximum atomic E-state index is 9.67. The maximum absolute atomic E-state index is 9.67. The average molecular weight is 213 g/mol. The van der Waals surface area contributed by atoms with Gasteiger partial charge in [0.1, 0.15) is 0 Å². The Hall–Kier alpha value is -0.940. The number of nitrogens with zero attached hydrogens (tertiary/aromatic N) is 2.